The van der Waals surface area contributed by atoms with Gasteiger partial charge in [0, 0.05) is 21.4 Å². The summed E-state index contributed by atoms with van der Waals surface area (Å²) in [7, 11) is 0. The van der Waals surface area contributed by atoms with Crippen molar-refractivity contribution in [2.24, 2.45) is 5.18 Å². The monoisotopic (exact) mass is 409 g/mol. The van der Waals surface area contributed by atoms with Crippen molar-refractivity contribution in [2.45, 2.75) is 6.92 Å². The first kappa shape index (κ1) is 14.4. The van der Waals surface area contributed by atoms with E-state index in [0.717, 1.165) is 33.0 Å². The van der Waals surface area contributed by atoms with E-state index in [1.54, 1.807) is 23.5 Å². The van der Waals surface area contributed by atoms with E-state index in [1.165, 1.54) is 3.57 Å². The molecular weight excluding hydrogens is 397 g/mol. The smallest absolute Gasteiger partial charge is 0.124 e. The van der Waals surface area contributed by atoms with Gasteiger partial charge in [-0.1, -0.05) is 0 Å². The first-order valence-corrected chi connectivity index (χ1v) is 8.38. The van der Waals surface area contributed by atoms with Crippen LogP contribution in [0.25, 0.3) is 20.8 Å². The lowest BCUT2D eigenvalue weighted by Crippen LogP contribution is -1.98. The summed E-state index contributed by atoms with van der Waals surface area (Å²) in [6, 6.07) is 11.6. The molecule has 1 heterocycles. The normalized spacial score (nSPS) is 10.8. The Balaban J connectivity index is 2.03. The van der Waals surface area contributed by atoms with Crippen LogP contribution in [0, 0.1) is 8.48 Å². The van der Waals surface area contributed by atoms with E-state index in [-0.39, 0.29) is 0 Å². The van der Waals surface area contributed by atoms with Crippen LogP contribution in [0.2, 0.25) is 0 Å². The zero-order valence-electron chi connectivity index (χ0n) is 11.3. The van der Waals surface area contributed by atoms with Gasteiger partial charge in [0.05, 0.1) is 10.2 Å². The molecule has 0 fully saturated rings. The number of nitrogens with zero attached hydrogens (tertiary/aromatic N) is 2. The number of rotatable bonds is 4. The average molecular weight is 409 g/mol. The molecule has 0 amide bonds. The summed E-state index contributed by atoms with van der Waals surface area (Å²) < 4.78 is 2.15. The second kappa shape index (κ2) is 6.07. The molecule has 1 N–H and O–H groups in total. The molecular formula is C15H12IN3OS. The minimum Gasteiger partial charge on any atom is -0.384 e. The van der Waals surface area contributed by atoms with Crippen molar-refractivity contribution in [3.8, 4) is 10.6 Å². The Morgan fingerprint density at radius 3 is 2.86 bits per heavy atom. The zero-order chi connectivity index (χ0) is 14.8. The van der Waals surface area contributed by atoms with Crippen molar-refractivity contribution >= 4 is 55.5 Å². The van der Waals surface area contributed by atoms with E-state index >= 15 is 0 Å². The van der Waals surface area contributed by atoms with Crippen molar-refractivity contribution < 1.29 is 0 Å². The van der Waals surface area contributed by atoms with Gasteiger partial charge in [0.1, 0.15) is 10.7 Å². The Labute approximate surface area is 139 Å². The van der Waals surface area contributed by atoms with Gasteiger partial charge in [-0.25, -0.2) is 4.98 Å². The SMILES string of the molecule is CCNc1ccc(-c2nc3ccc(N=O)cc3s2)cc1I. The molecule has 0 saturated heterocycles. The summed E-state index contributed by atoms with van der Waals surface area (Å²) in [5.74, 6) is 0. The number of nitroso groups, excluding NO2 is 1. The molecule has 3 rings (SSSR count). The molecule has 0 aliphatic carbocycles. The largest absolute Gasteiger partial charge is 0.384 e. The van der Waals surface area contributed by atoms with E-state index in [9.17, 15) is 4.91 Å². The quantitative estimate of drug-likeness (QED) is 0.464. The summed E-state index contributed by atoms with van der Waals surface area (Å²) in [6.07, 6.45) is 0. The number of hydrogen-bond acceptors (Lipinski definition) is 5. The fraction of sp³-hybridized carbons (Fsp3) is 0.133. The lowest BCUT2D eigenvalue weighted by molar-refractivity contribution is 1.21. The molecule has 0 spiro atoms. The van der Waals surface area contributed by atoms with Gasteiger partial charge in [-0.05, 0) is 71.1 Å². The van der Waals surface area contributed by atoms with Crippen LogP contribution in [-0.4, -0.2) is 11.5 Å². The maximum atomic E-state index is 10.6. The molecule has 0 aliphatic rings. The Morgan fingerprint density at radius 1 is 1.29 bits per heavy atom. The van der Waals surface area contributed by atoms with E-state index < -0.39 is 0 Å². The van der Waals surface area contributed by atoms with Gasteiger partial charge in [0.2, 0.25) is 0 Å². The van der Waals surface area contributed by atoms with E-state index in [1.807, 2.05) is 6.07 Å². The molecule has 1 aromatic heterocycles. The van der Waals surface area contributed by atoms with E-state index in [4.69, 9.17) is 0 Å². The standard InChI is InChI=1S/C15H12IN3OS/c1-2-17-12-5-3-9(7-11(12)16)15-18-13-6-4-10(19-20)8-14(13)21-15/h3-8,17H,2H2,1H3. The number of hydrogen-bond donors (Lipinski definition) is 1. The van der Waals surface area contributed by atoms with Gasteiger partial charge in [-0.3, -0.25) is 0 Å². The Kier molecular flexibility index (Phi) is 4.16. The zero-order valence-corrected chi connectivity index (χ0v) is 14.2. The summed E-state index contributed by atoms with van der Waals surface area (Å²) in [6.45, 7) is 2.98. The summed E-state index contributed by atoms with van der Waals surface area (Å²) in [5, 5.41) is 7.25. The maximum Gasteiger partial charge on any atom is 0.124 e. The van der Waals surface area contributed by atoms with Crippen LogP contribution in [0.15, 0.2) is 41.6 Å². The van der Waals surface area contributed by atoms with Crippen LogP contribution in [0.5, 0.6) is 0 Å². The van der Waals surface area contributed by atoms with Crippen molar-refractivity contribution in [1.29, 1.82) is 0 Å². The molecule has 0 saturated carbocycles. The lowest BCUT2D eigenvalue weighted by Gasteiger charge is -2.07. The van der Waals surface area contributed by atoms with Crippen molar-refractivity contribution in [3.63, 3.8) is 0 Å². The summed E-state index contributed by atoms with van der Waals surface area (Å²) in [5.41, 5.74) is 3.56. The average Bonchev–Trinajstić information content (AvgIpc) is 2.92. The minimum absolute atomic E-state index is 0.440. The number of halogens is 1. The highest BCUT2D eigenvalue weighted by Crippen LogP contribution is 2.34. The highest BCUT2D eigenvalue weighted by molar-refractivity contribution is 14.1. The summed E-state index contributed by atoms with van der Waals surface area (Å²) in [4.78, 5) is 15.2. The van der Waals surface area contributed by atoms with Crippen molar-refractivity contribution in [2.75, 3.05) is 11.9 Å². The number of benzene rings is 2. The molecule has 6 heteroatoms. The fourth-order valence-corrected chi connectivity index (χ4v) is 3.78. The molecule has 21 heavy (non-hydrogen) atoms. The molecule has 0 unspecified atom stereocenters. The van der Waals surface area contributed by atoms with Crippen LogP contribution in [0.4, 0.5) is 11.4 Å². The first-order chi connectivity index (χ1) is 10.2. The Bertz CT molecular complexity index is 816. The molecule has 3 aromatic rings. The van der Waals surface area contributed by atoms with Crippen molar-refractivity contribution in [1.82, 2.24) is 4.98 Å². The Morgan fingerprint density at radius 2 is 2.14 bits per heavy atom. The highest BCUT2D eigenvalue weighted by atomic mass is 127. The first-order valence-electron chi connectivity index (χ1n) is 6.49. The van der Waals surface area contributed by atoms with Crippen LogP contribution in [0.1, 0.15) is 6.92 Å². The number of fused-ring (bicyclic) bond motifs is 1. The van der Waals surface area contributed by atoms with Gasteiger partial charge in [0.25, 0.3) is 0 Å². The second-order valence-electron chi connectivity index (χ2n) is 4.49. The number of anilines is 1. The van der Waals surface area contributed by atoms with Gasteiger partial charge in [0.15, 0.2) is 0 Å². The van der Waals surface area contributed by atoms with Gasteiger partial charge >= 0.3 is 0 Å². The minimum atomic E-state index is 0.440. The van der Waals surface area contributed by atoms with Crippen LogP contribution >= 0.6 is 33.9 Å². The van der Waals surface area contributed by atoms with Crippen LogP contribution in [-0.2, 0) is 0 Å². The highest BCUT2D eigenvalue weighted by Gasteiger charge is 2.09. The van der Waals surface area contributed by atoms with E-state index in [2.05, 4.69) is 63.2 Å². The molecule has 106 valence electrons. The van der Waals surface area contributed by atoms with Crippen LogP contribution < -0.4 is 5.32 Å². The molecule has 2 aromatic carbocycles. The molecule has 0 aliphatic heterocycles. The Hall–Kier alpha value is -1.54. The topological polar surface area (TPSA) is 54.4 Å². The van der Waals surface area contributed by atoms with Crippen molar-refractivity contribution in [3.05, 3.63) is 44.9 Å². The third-order valence-corrected chi connectivity index (χ3v) is 5.02. The predicted molar refractivity (Wildman–Crippen MR) is 97.4 cm³/mol. The second-order valence-corrected chi connectivity index (χ2v) is 6.68. The van der Waals surface area contributed by atoms with Gasteiger partial charge < -0.3 is 5.32 Å². The molecule has 0 atom stereocenters. The third kappa shape index (κ3) is 2.91. The van der Waals surface area contributed by atoms with Crippen LogP contribution in [0.3, 0.4) is 0 Å². The predicted octanol–water partition coefficient (Wildman–Crippen LogP) is 5.40. The maximum absolute atomic E-state index is 10.6. The molecule has 4 nitrogen and oxygen atoms in total. The third-order valence-electron chi connectivity index (χ3n) is 3.06. The summed E-state index contributed by atoms with van der Waals surface area (Å²) >= 11 is 3.90. The number of aromatic nitrogens is 1. The van der Waals surface area contributed by atoms with Gasteiger partial charge in [-0.15, -0.1) is 16.2 Å². The van der Waals surface area contributed by atoms with Gasteiger partial charge in [-0.2, -0.15) is 0 Å². The fourth-order valence-electron chi connectivity index (χ4n) is 2.08. The molecule has 0 radical (unpaired) electrons. The lowest BCUT2D eigenvalue weighted by atomic mass is 10.2. The number of thiazole rings is 1. The van der Waals surface area contributed by atoms with E-state index in [0.29, 0.717) is 5.69 Å². The molecule has 0 bridgehead atoms. The number of nitrogens with one attached hydrogen (secondary N) is 1.